The summed E-state index contributed by atoms with van der Waals surface area (Å²) in [6.45, 7) is 8.25. The van der Waals surface area contributed by atoms with Crippen LogP contribution in [0.5, 0.6) is 0 Å². The average Bonchev–Trinajstić information content (AvgIpc) is 3.38. The first-order chi connectivity index (χ1) is 13.1. The first-order valence-electron chi connectivity index (χ1n) is 9.80. The maximum atomic E-state index is 13.0. The topological polar surface area (TPSA) is 37.3 Å². The van der Waals surface area contributed by atoms with Crippen molar-refractivity contribution in [3.05, 3.63) is 58.6 Å². The van der Waals surface area contributed by atoms with Gasteiger partial charge in [-0.15, -0.1) is 11.3 Å². The number of nitrogens with one attached hydrogen (secondary N) is 1. The summed E-state index contributed by atoms with van der Waals surface area (Å²) in [4.78, 5) is 16.7. The van der Waals surface area contributed by atoms with Gasteiger partial charge in [-0.2, -0.15) is 0 Å². The Morgan fingerprint density at radius 1 is 1.19 bits per heavy atom. The summed E-state index contributed by atoms with van der Waals surface area (Å²) in [7, 11) is 0. The van der Waals surface area contributed by atoms with E-state index in [2.05, 4.69) is 65.0 Å². The number of hydrogen-bond donors (Lipinski definition) is 1. The number of rotatable bonds is 6. The molecule has 1 fully saturated rings. The molecule has 0 spiro atoms. The molecule has 4 nitrogen and oxygen atoms in total. The number of nitrogens with zero attached hydrogens (tertiary/aromatic N) is 2. The SMILES string of the molecule is Cc1cc2c(cc(C(=O)NCCN3CCCC3)n2[C@H](C)c2ccccc2)s1. The van der Waals surface area contributed by atoms with Gasteiger partial charge in [0.05, 0.1) is 16.3 Å². The zero-order valence-corrected chi connectivity index (χ0v) is 16.9. The lowest BCUT2D eigenvalue weighted by molar-refractivity contribution is 0.0940. The van der Waals surface area contributed by atoms with Crippen LogP contribution in [0, 0.1) is 6.92 Å². The summed E-state index contributed by atoms with van der Waals surface area (Å²) in [5.74, 6) is 0.0260. The van der Waals surface area contributed by atoms with Crippen LogP contribution in [-0.2, 0) is 0 Å². The maximum absolute atomic E-state index is 13.0. The molecular weight excluding hydrogens is 354 g/mol. The van der Waals surface area contributed by atoms with Gasteiger partial charge in [-0.05, 0) is 57.5 Å². The van der Waals surface area contributed by atoms with E-state index in [-0.39, 0.29) is 11.9 Å². The Balaban J connectivity index is 1.59. The molecule has 0 aliphatic carbocycles. The van der Waals surface area contributed by atoms with Gasteiger partial charge < -0.3 is 14.8 Å². The van der Waals surface area contributed by atoms with E-state index < -0.39 is 0 Å². The Kier molecular flexibility index (Phi) is 5.32. The van der Waals surface area contributed by atoms with Crippen molar-refractivity contribution in [3.8, 4) is 0 Å². The molecule has 0 saturated carbocycles. The Morgan fingerprint density at radius 3 is 2.67 bits per heavy atom. The lowest BCUT2D eigenvalue weighted by Gasteiger charge is -2.19. The third-order valence-corrected chi connectivity index (χ3v) is 6.45. The molecule has 2 aromatic heterocycles. The number of likely N-dealkylation sites (tertiary alicyclic amines) is 1. The quantitative estimate of drug-likeness (QED) is 0.685. The molecule has 142 valence electrons. The smallest absolute Gasteiger partial charge is 0.268 e. The monoisotopic (exact) mass is 381 g/mol. The van der Waals surface area contributed by atoms with E-state index in [4.69, 9.17) is 0 Å². The maximum Gasteiger partial charge on any atom is 0.268 e. The predicted octanol–water partition coefficient (Wildman–Crippen LogP) is 4.45. The zero-order chi connectivity index (χ0) is 18.8. The number of thiophene rings is 1. The second-order valence-corrected chi connectivity index (χ2v) is 8.69. The van der Waals surface area contributed by atoms with E-state index in [0.29, 0.717) is 6.54 Å². The molecule has 1 aliphatic heterocycles. The van der Waals surface area contributed by atoms with Gasteiger partial charge in [0.2, 0.25) is 0 Å². The molecule has 5 heteroatoms. The lowest BCUT2D eigenvalue weighted by atomic mass is 10.1. The second-order valence-electron chi connectivity index (χ2n) is 7.40. The molecule has 1 saturated heterocycles. The molecule has 0 radical (unpaired) electrons. The number of hydrogen-bond acceptors (Lipinski definition) is 3. The first-order valence-corrected chi connectivity index (χ1v) is 10.6. The van der Waals surface area contributed by atoms with Crippen LogP contribution in [0.25, 0.3) is 10.2 Å². The summed E-state index contributed by atoms with van der Waals surface area (Å²) in [6, 6.07) is 14.8. The van der Waals surface area contributed by atoms with Crippen molar-refractivity contribution in [2.75, 3.05) is 26.2 Å². The van der Waals surface area contributed by atoms with Crippen LogP contribution in [0.2, 0.25) is 0 Å². The van der Waals surface area contributed by atoms with Gasteiger partial charge in [-0.1, -0.05) is 30.3 Å². The number of carbonyl (C=O) groups is 1. The second kappa shape index (κ2) is 7.87. The van der Waals surface area contributed by atoms with Crippen LogP contribution in [0.4, 0.5) is 0 Å². The van der Waals surface area contributed by atoms with Crippen LogP contribution in [0.15, 0.2) is 42.5 Å². The Bertz CT molecular complexity index is 922. The lowest BCUT2D eigenvalue weighted by Crippen LogP contribution is -2.34. The van der Waals surface area contributed by atoms with Crippen LogP contribution >= 0.6 is 11.3 Å². The zero-order valence-electron chi connectivity index (χ0n) is 16.1. The number of aryl methyl sites for hydroxylation is 1. The summed E-state index contributed by atoms with van der Waals surface area (Å²) in [6.07, 6.45) is 2.56. The van der Waals surface area contributed by atoms with Crippen LogP contribution < -0.4 is 5.32 Å². The third kappa shape index (κ3) is 3.80. The summed E-state index contributed by atoms with van der Waals surface area (Å²) < 4.78 is 3.37. The fraction of sp³-hybridized carbons (Fsp3) is 0.409. The van der Waals surface area contributed by atoms with Gasteiger partial charge in [0.25, 0.3) is 5.91 Å². The molecular formula is C22H27N3OS. The molecule has 4 rings (SSSR count). The van der Waals surface area contributed by atoms with Crippen molar-refractivity contribution in [1.29, 1.82) is 0 Å². The summed E-state index contributed by atoms with van der Waals surface area (Å²) in [5, 5.41) is 3.14. The number of aromatic nitrogens is 1. The standard InChI is InChI=1S/C22H27N3OS/c1-16-14-19-21(27-16)15-20(22(26)23-10-13-24-11-6-7-12-24)25(19)17(2)18-8-4-3-5-9-18/h3-5,8-9,14-15,17H,6-7,10-13H2,1-2H3,(H,23,26)/t17-/m1/s1. The minimum Gasteiger partial charge on any atom is -0.349 e. The van der Waals surface area contributed by atoms with E-state index in [9.17, 15) is 4.79 Å². The van der Waals surface area contributed by atoms with Gasteiger partial charge in [0, 0.05) is 18.0 Å². The third-order valence-electron chi connectivity index (χ3n) is 5.46. The van der Waals surface area contributed by atoms with Crippen LogP contribution in [0.1, 0.15) is 46.7 Å². The van der Waals surface area contributed by atoms with E-state index in [1.165, 1.54) is 28.0 Å². The highest BCUT2D eigenvalue weighted by Gasteiger charge is 2.22. The Morgan fingerprint density at radius 2 is 1.93 bits per heavy atom. The molecule has 27 heavy (non-hydrogen) atoms. The Hall–Kier alpha value is -2.11. The largest absolute Gasteiger partial charge is 0.349 e. The average molecular weight is 382 g/mol. The predicted molar refractivity (Wildman–Crippen MR) is 113 cm³/mol. The molecule has 3 heterocycles. The van der Waals surface area contributed by atoms with Crippen molar-refractivity contribution in [1.82, 2.24) is 14.8 Å². The Labute approximate surface area is 164 Å². The molecule has 3 aromatic rings. The molecule has 1 aliphatic rings. The van der Waals surface area contributed by atoms with Crippen molar-refractivity contribution in [2.45, 2.75) is 32.7 Å². The minimum atomic E-state index is 0.0260. The van der Waals surface area contributed by atoms with Crippen molar-refractivity contribution >= 4 is 27.5 Å². The number of carbonyl (C=O) groups excluding carboxylic acids is 1. The molecule has 1 aromatic carbocycles. The summed E-state index contributed by atoms with van der Waals surface area (Å²) in [5.41, 5.74) is 3.12. The number of fused-ring (bicyclic) bond motifs is 1. The van der Waals surface area contributed by atoms with E-state index in [1.807, 2.05) is 6.07 Å². The first kappa shape index (κ1) is 18.3. The van der Waals surface area contributed by atoms with E-state index in [0.717, 1.165) is 30.8 Å². The van der Waals surface area contributed by atoms with Crippen LogP contribution in [-0.4, -0.2) is 41.6 Å². The number of amides is 1. The van der Waals surface area contributed by atoms with Crippen molar-refractivity contribution in [2.24, 2.45) is 0 Å². The molecule has 0 bridgehead atoms. The fourth-order valence-corrected chi connectivity index (χ4v) is 4.98. The van der Waals surface area contributed by atoms with E-state index >= 15 is 0 Å². The molecule has 1 amide bonds. The number of benzene rings is 1. The molecule has 1 N–H and O–H groups in total. The van der Waals surface area contributed by atoms with Gasteiger partial charge in [-0.25, -0.2) is 0 Å². The highest BCUT2D eigenvalue weighted by molar-refractivity contribution is 7.19. The van der Waals surface area contributed by atoms with Crippen LogP contribution in [0.3, 0.4) is 0 Å². The van der Waals surface area contributed by atoms with E-state index in [1.54, 1.807) is 11.3 Å². The van der Waals surface area contributed by atoms with Gasteiger partial charge in [0.1, 0.15) is 5.69 Å². The van der Waals surface area contributed by atoms with Gasteiger partial charge in [0.15, 0.2) is 0 Å². The van der Waals surface area contributed by atoms with Gasteiger partial charge in [-0.3, -0.25) is 4.79 Å². The minimum absolute atomic E-state index is 0.0260. The normalized spacial score (nSPS) is 16.1. The molecule has 1 atom stereocenters. The highest BCUT2D eigenvalue weighted by Crippen LogP contribution is 2.33. The highest BCUT2D eigenvalue weighted by atomic mass is 32.1. The van der Waals surface area contributed by atoms with Gasteiger partial charge >= 0.3 is 0 Å². The molecule has 0 unspecified atom stereocenters. The fourth-order valence-electron chi connectivity index (χ4n) is 4.03. The van der Waals surface area contributed by atoms with Crippen molar-refractivity contribution in [3.63, 3.8) is 0 Å². The van der Waals surface area contributed by atoms with Crippen molar-refractivity contribution < 1.29 is 4.79 Å². The summed E-state index contributed by atoms with van der Waals surface area (Å²) >= 11 is 1.75.